The van der Waals surface area contributed by atoms with Crippen LogP contribution in [0.5, 0.6) is 5.75 Å². The number of unbranched alkanes of at least 4 members (excludes halogenated alkanes) is 2. The summed E-state index contributed by atoms with van der Waals surface area (Å²) < 4.78 is 75.2. The lowest BCUT2D eigenvalue weighted by atomic mass is 10.2. The van der Waals surface area contributed by atoms with E-state index in [2.05, 4.69) is 15.5 Å². The molecule has 0 radical (unpaired) electrons. The Morgan fingerprint density at radius 3 is 1.97 bits per heavy atom. The number of hydrogen-bond donors (Lipinski definition) is 2. The van der Waals surface area contributed by atoms with Crippen molar-refractivity contribution < 1.29 is 50.6 Å². The first-order chi connectivity index (χ1) is 15.3. The van der Waals surface area contributed by atoms with Crippen molar-refractivity contribution >= 4 is 18.0 Å². The summed E-state index contributed by atoms with van der Waals surface area (Å²) in [5.74, 6) is -14.8. The maximum atomic E-state index is 13.5. The van der Waals surface area contributed by atoms with E-state index in [9.17, 15) is 36.3 Å². The normalized spacial score (nSPS) is 11.2. The van der Waals surface area contributed by atoms with Crippen molar-refractivity contribution in [3.8, 4) is 5.75 Å². The molecule has 0 bridgehead atoms. The summed E-state index contributed by atoms with van der Waals surface area (Å²) >= 11 is 0. The Bertz CT molecular complexity index is 831. The van der Waals surface area contributed by atoms with E-state index in [0.29, 0.717) is 19.3 Å². The van der Waals surface area contributed by atoms with E-state index in [1.165, 1.54) is 0 Å². The lowest BCUT2D eigenvalue weighted by Crippen LogP contribution is -2.32. The molecule has 0 fully saturated rings. The van der Waals surface area contributed by atoms with Crippen LogP contribution in [0.4, 0.5) is 26.7 Å². The van der Waals surface area contributed by atoms with Gasteiger partial charge in [0.25, 0.3) is 0 Å². The van der Waals surface area contributed by atoms with Crippen molar-refractivity contribution in [1.29, 1.82) is 0 Å². The molecule has 186 valence electrons. The number of esters is 1. The number of benzene rings is 1. The van der Waals surface area contributed by atoms with Gasteiger partial charge in [0.15, 0.2) is 0 Å². The van der Waals surface area contributed by atoms with Crippen molar-refractivity contribution in [3.63, 3.8) is 0 Å². The van der Waals surface area contributed by atoms with Crippen LogP contribution in [0.15, 0.2) is 0 Å². The third kappa shape index (κ3) is 10.0. The summed E-state index contributed by atoms with van der Waals surface area (Å²) in [4.78, 5) is 39.6. The van der Waals surface area contributed by atoms with E-state index >= 15 is 0 Å². The summed E-state index contributed by atoms with van der Waals surface area (Å²) in [7, 11) is 0. The van der Waals surface area contributed by atoms with Gasteiger partial charge >= 0.3 is 12.1 Å². The van der Waals surface area contributed by atoms with Gasteiger partial charge in [0.2, 0.25) is 40.7 Å². The van der Waals surface area contributed by atoms with Gasteiger partial charge in [0, 0.05) is 13.0 Å². The van der Waals surface area contributed by atoms with Gasteiger partial charge in [-0.15, -0.1) is 0 Å². The lowest BCUT2D eigenvalue weighted by Gasteiger charge is -2.19. The molecule has 8 nitrogen and oxygen atoms in total. The molecule has 1 rings (SSSR count). The Hall–Kier alpha value is -2.96. The fourth-order valence-corrected chi connectivity index (χ4v) is 2.28. The van der Waals surface area contributed by atoms with E-state index in [1.54, 1.807) is 20.8 Å². The molecular formula is C20H25F5N2O6. The fraction of sp³-hybridized carbons (Fsp3) is 0.550. The third-order valence-corrected chi connectivity index (χ3v) is 3.74. The zero-order chi connectivity index (χ0) is 25.2. The second-order valence-electron chi connectivity index (χ2n) is 7.74. The summed E-state index contributed by atoms with van der Waals surface area (Å²) in [5.41, 5.74) is 1.47. The predicted molar refractivity (Wildman–Crippen MR) is 103 cm³/mol. The molecule has 33 heavy (non-hydrogen) atoms. The Morgan fingerprint density at radius 1 is 0.818 bits per heavy atom. The monoisotopic (exact) mass is 484 g/mol. The molecule has 0 atom stereocenters. The molecule has 0 aromatic heterocycles. The van der Waals surface area contributed by atoms with Gasteiger partial charge in [0.1, 0.15) is 5.60 Å². The molecular weight excluding hydrogens is 459 g/mol. The van der Waals surface area contributed by atoms with Crippen molar-refractivity contribution in [2.45, 2.75) is 58.5 Å². The molecule has 0 spiro atoms. The molecule has 0 aliphatic heterocycles. The zero-order valence-corrected chi connectivity index (χ0v) is 18.3. The Balaban J connectivity index is 2.21. The van der Waals surface area contributed by atoms with Crippen LogP contribution in [-0.2, 0) is 19.2 Å². The summed E-state index contributed by atoms with van der Waals surface area (Å²) in [6, 6.07) is 0. The second-order valence-corrected chi connectivity index (χ2v) is 7.74. The Morgan fingerprint density at radius 2 is 1.39 bits per heavy atom. The number of carbonyl (C=O) groups excluding carboxylic acids is 3. The highest BCUT2D eigenvalue weighted by Crippen LogP contribution is 2.29. The highest BCUT2D eigenvalue weighted by Gasteiger charge is 2.28. The minimum atomic E-state index is -2.37. The maximum Gasteiger partial charge on any atom is 0.431 e. The lowest BCUT2D eigenvalue weighted by molar-refractivity contribution is -0.134. The number of halogens is 5. The standard InChI is InChI=1S/C20H25F5N2O6/c1-20(2,3)33-19(30)27-31-10-6-4-5-7-11(28)26-9-8-12(29)32-18-16(24)14(22)13(21)15(23)17(18)25/h4-10H2,1-3H3,(H,26,28)(H,27,30). The summed E-state index contributed by atoms with van der Waals surface area (Å²) in [6.07, 6.45) is 0.418. The molecule has 1 aromatic rings. The molecule has 0 saturated heterocycles. The second kappa shape index (κ2) is 12.9. The van der Waals surface area contributed by atoms with Gasteiger partial charge < -0.3 is 14.8 Å². The van der Waals surface area contributed by atoms with Crippen LogP contribution in [0.2, 0.25) is 0 Å². The zero-order valence-electron chi connectivity index (χ0n) is 18.3. The van der Waals surface area contributed by atoms with Gasteiger partial charge in [-0.05, 0) is 33.6 Å². The average Bonchev–Trinajstić information content (AvgIpc) is 2.72. The highest BCUT2D eigenvalue weighted by molar-refractivity contribution is 5.77. The number of rotatable bonds is 11. The first-order valence-corrected chi connectivity index (χ1v) is 9.93. The topological polar surface area (TPSA) is 103 Å². The smallest absolute Gasteiger partial charge is 0.431 e. The molecule has 0 aliphatic rings. The van der Waals surface area contributed by atoms with Gasteiger partial charge in [0.05, 0.1) is 13.0 Å². The first kappa shape index (κ1) is 28.1. The van der Waals surface area contributed by atoms with Gasteiger partial charge in [-0.25, -0.2) is 18.0 Å². The number of nitrogens with one attached hydrogen (secondary N) is 2. The van der Waals surface area contributed by atoms with Crippen LogP contribution in [-0.4, -0.2) is 36.7 Å². The number of hydroxylamine groups is 1. The summed E-state index contributed by atoms with van der Waals surface area (Å²) in [6.45, 7) is 5.04. The Kier molecular flexibility index (Phi) is 11.0. The van der Waals surface area contributed by atoms with Crippen LogP contribution in [0.3, 0.4) is 0 Å². The summed E-state index contributed by atoms with van der Waals surface area (Å²) in [5, 5.41) is 2.36. The molecule has 0 aliphatic carbocycles. The SMILES string of the molecule is CC(C)(C)OC(=O)NOCCCCCC(=O)NCCC(=O)Oc1c(F)c(F)c(F)c(F)c1F. The van der Waals surface area contributed by atoms with Crippen molar-refractivity contribution in [1.82, 2.24) is 10.8 Å². The largest absolute Gasteiger partial charge is 0.442 e. The van der Waals surface area contributed by atoms with E-state index < -0.39 is 64.8 Å². The highest BCUT2D eigenvalue weighted by atomic mass is 19.2. The minimum Gasteiger partial charge on any atom is -0.442 e. The molecule has 0 saturated carbocycles. The number of hydrogen-bond acceptors (Lipinski definition) is 6. The van der Waals surface area contributed by atoms with Crippen molar-refractivity contribution in [2.24, 2.45) is 0 Å². The van der Waals surface area contributed by atoms with E-state index in [1.807, 2.05) is 0 Å². The molecule has 1 aromatic carbocycles. The quantitative estimate of drug-likeness (QED) is 0.0942. The van der Waals surface area contributed by atoms with Crippen LogP contribution in [0, 0.1) is 29.1 Å². The minimum absolute atomic E-state index is 0.103. The number of amides is 2. The molecule has 0 heterocycles. The van der Waals surface area contributed by atoms with Crippen LogP contribution < -0.4 is 15.5 Å². The van der Waals surface area contributed by atoms with E-state index in [4.69, 9.17) is 9.57 Å². The molecule has 0 unspecified atom stereocenters. The van der Waals surface area contributed by atoms with Crippen molar-refractivity contribution in [2.75, 3.05) is 13.2 Å². The first-order valence-electron chi connectivity index (χ1n) is 9.93. The maximum absolute atomic E-state index is 13.5. The van der Waals surface area contributed by atoms with E-state index in [0.717, 1.165) is 0 Å². The molecule has 2 N–H and O–H groups in total. The fourth-order valence-electron chi connectivity index (χ4n) is 2.28. The van der Waals surface area contributed by atoms with Gasteiger partial charge in [-0.3, -0.25) is 14.4 Å². The van der Waals surface area contributed by atoms with Gasteiger partial charge in [-0.2, -0.15) is 14.3 Å². The van der Waals surface area contributed by atoms with Crippen LogP contribution >= 0.6 is 0 Å². The number of carbonyl (C=O) groups is 3. The van der Waals surface area contributed by atoms with Crippen molar-refractivity contribution in [3.05, 3.63) is 29.1 Å². The predicted octanol–water partition coefficient (Wildman–Crippen LogP) is 3.81. The molecule has 13 heteroatoms. The Labute approximate surface area is 186 Å². The van der Waals surface area contributed by atoms with Crippen LogP contribution in [0.25, 0.3) is 0 Å². The van der Waals surface area contributed by atoms with Crippen LogP contribution in [0.1, 0.15) is 52.9 Å². The van der Waals surface area contributed by atoms with Gasteiger partial charge in [-0.1, -0.05) is 6.42 Å². The third-order valence-electron chi connectivity index (χ3n) is 3.74. The van der Waals surface area contributed by atoms with E-state index in [-0.39, 0.29) is 19.6 Å². The number of ether oxygens (including phenoxy) is 2. The average molecular weight is 484 g/mol. The molecule has 2 amide bonds.